The molecule has 0 saturated carbocycles. The Morgan fingerprint density at radius 1 is 0.391 bits per heavy atom. The zero-order valence-corrected chi connectivity index (χ0v) is 64.1. The Labute approximate surface area is 654 Å². The standard InChI is InChI=1S/C14H11NO4.C13H16N2O3.C12H13NO4.C11H14N2O2.2C11H11NO4.C10H12N2O2/c1-19-13-4-8-9-2-7(6-16)3-12(18)14(9)15-10(8)5-11(13)17;1-8(16)14-4-3-9-7-15-11-6-12(17)13(18-2)5-10(9)11;1-15-10-5-7-4-9(12(14)17-3)13-8(7)6-11(10)16-2;1-15-11-4-8-7(2-3-12)6-13-9(8)5-10(11)14;1-15-9-4-6-3-8(11(13)14)12-7(6)5-10(9)16-2;1-2-16-11(15)8-3-6-4-9(13)10(14)5-7(6)12-8;11-2-1-6-5-12-8-4-10(14)9(13)3-7(6)8/h2-6,15,17-18H,1H3;5-7,15,17H,3-4H2,1-2H3,(H,14,16);4-6,13H,1-3H3;4-6,13-14H,2-3,12H2,1H3;3-5,12H,1-2H3,(H,13,14);3-5,12-14H,2H2,1H3;3-5,12-14H,1-2,11H2. The molecule has 0 bridgehead atoms. The van der Waals surface area contributed by atoms with Crippen molar-refractivity contribution in [1.29, 1.82) is 0 Å². The van der Waals surface area contributed by atoms with Crippen molar-refractivity contribution in [1.82, 2.24) is 40.2 Å². The normalized spacial score (nSPS) is 10.6. The Hall–Kier alpha value is -14.7. The number of nitrogens with one attached hydrogen (secondary N) is 8. The van der Waals surface area contributed by atoms with Crippen molar-refractivity contribution in [2.75, 3.05) is 83.1 Å². The SMILES string of the molecule is CCOC(=O)c1cc2cc(O)c(O)cc2[nH]1.COC(=O)c1cc2cc(OC)c(OC)cc2[nH]1.COc1cc2c(CCN)c[nH]c2cc1O.COc1cc2c(CCNC(C)=O)c[nH]c2cc1O.COc1cc2c(cc1O)[nH]c1c(O)cc(C=O)cc12.COc1cc2cc(C(=O)O)[nH]c2cc1OC.NCCc1c[nH]c2cc(O)c(O)cc12. The van der Waals surface area contributed by atoms with Gasteiger partial charge in [0.2, 0.25) is 5.91 Å². The molecular weight excluding hydrogens is 1490 g/mol. The molecule has 7 heterocycles. The molecule has 15 aromatic rings. The number of fused-ring (bicyclic) bond motifs is 9. The van der Waals surface area contributed by atoms with Crippen LogP contribution in [0.5, 0.6) is 86.2 Å². The first-order valence-electron chi connectivity index (χ1n) is 35.1. The predicted molar refractivity (Wildman–Crippen MR) is 432 cm³/mol. The maximum atomic E-state index is 11.4. The molecule has 8 aromatic carbocycles. The van der Waals surface area contributed by atoms with E-state index in [4.69, 9.17) is 54.5 Å². The molecule has 115 heavy (non-hydrogen) atoms. The van der Waals surface area contributed by atoms with E-state index in [1.165, 1.54) is 79.9 Å². The molecule has 0 aliphatic rings. The summed E-state index contributed by atoms with van der Waals surface area (Å²) in [6, 6.07) is 30.8. The van der Waals surface area contributed by atoms with E-state index in [0.29, 0.717) is 123 Å². The van der Waals surface area contributed by atoms with Gasteiger partial charge in [-0.1, -0.05) is 0 Å². The number of hydrogen-bond donors (Lipinski definition) is 19. The fourth-order valence-electron chi connectivity index (χ4n) is 12.2. The molecule has 0 atom stereocenters. The Morgan fingerprint density at radius 3 is 1.22 bits per heavy atom. The summed E-state index contributed by atoms with van der Waals surface area (Å²) in [4.78, 5) is 76.0. The summed E-state index contributed by atoms with van der Waals surface area (Å²) in [6.07, 6.45) is 8.61. The lowest BCUT2D eigenvalue weighted by molar-refractivity contribution is -0.118. The van der Waals surface area contributed by atoms with Gasteiger partial charge in [0, 0.05) is 140 Å². The highest BCUT2D eigenvalue weighted by Gasteiger charge is 2.19. The summed E-state index contributed by atoms with van der Waals surface area (Å²) in [5.41, 5.74) is 21.3. The van der Waals surface area contributed by atoms with E-state index in [1.54, 1.807) is 100 Å². The molecule has 15 rings (SSSR count). The largest absolute Gasteiger partial charge is 0.506 e. The van der Waals surface area contributed by atoms with Gasteiger partial charge in [-0.05, 0) is 129 Å². The molecule has 0 radical (unpaired) electrons. The number of amides is 1. The lowest BCUT2D eigenvalue weighted by Gasteiger charge is -2.06. The van der Waals surface area contributed by atoms with Crippen LogP contribution < -0.4 is 49.9 Å². The van der Waals surface area contributed by atoms with Crippen LogP contribution in [0.15, 0.2) is 134 Å². The summed E-state index contributed by atoms with van der Waals surface area (Å²) >= 11 is 0. The molecule has 33 nitrogen and oxygen atoms in total. The van der Waals surface area contributed by atoms with Gasteiger partial charge in [-0.3, -0.25) is 9.59 Å². The number of carbonyl (C=O) groups excluding carboxylic acids is 4. The Balaban J connectivity index is 0.000000154. The van der Waals surface area contributed by atoms with Crippen LogP contribution in [0, 0.1) is 0 Å². The third-order valence-electron chi connectivity index (χ3n) is 17.8. The number of phenols is 8. The molecule has 604 valence electrons. The van der Waals surface area contributed by atoms with E-state index in [0.717, 1.165) is 90.3 Å². The van der Waals surface area contributed by atoms with Gasteiger partial charge in [-0.2, -0.15) is 0 Å². The minimum absolute atomic E-state index is 0.00532. The number of aromatic amines is 7. The van der Waals surface area contributed by atoms with E-state index in [9.17, 15) is 64.8 Å². The molecule has 7 aromatic heterocycles. The number of rotatable bonds is 19. The number of carboxylic acid groups (broad SMARTS) is 1. The lowest BCUT2D eigenvalue weighted by atomic mass is 10.1. The van der Waals surface area contributed by atoms with Crippen molar-refractivity contribution in [3.63, 3.8) is 0 Å². The second kappa shape index (κ2) is 38.3. The number of aldehydes is 1. The van der Waals surface area contributed by atoms with E-state index in [1.807, 2.05) is 24.7 Å². The maximum absolute atomic E-state index is 11.4. The van der Waals surface area contributed by atoms with Crippen LogP contribution in [0.3, 0.4) is 0 Å². The van der Waals surface area contributed by atoms with E-state index in [-0.39, 0.29) is 57.6 Å². The first kappa shape index (κ1) is 84.3. The summed E-state index contributed by atoms with van der Waals surface area (Å²) < 4.78 is 45.3. The zero-order chi connectivity index (χ0) is 83.5. The molecular formula is C82H88N10O23. The Morgan fingerprint density at radius 2 is 0.774 bits per heavy atom. The average Bonchev–Trinajstić information content (AvgIpc) is 1.61. The van der Waals surface area contributed by atoms with Crippen LogP contribution in [-0.2, 0) is 33.5 Å². The van der Waals surface area contributed by atoms with Gasteiger partial charge in [0.1, 0.15) is 29.1 Å². The van der Waals surface area contributed by atoms with Crippen LogP contribution in [0.1, 0.15) is 72.4 Å². The van der Waals surface area contributed by atoms with Crippen molar-refractivity contribution in [3.05, 3.63) is 173 Å². The van der Waals surface area contributed by atoms with Gasteiger partial charge in [-0.25, -0.2) is 14.4 Å². The fourth-order valence-corrected chi connectivity index (χ4v) is 12.2. The number of H-pyrrole nitrogens is 7. The van der Waals surface area contributed by atoms with Crippen LogP contribution in [0.4, 0.5) is 0 Å². The molecule has 0 unspecified atom stereocenters. The number of phenolic OH excluding ortho intramolecular Hbond substituents is 8. The molecule has 33 heteroatoms. The third kappa shape index (κ3) is 19.9. The minimum atomic E-state index is -0.992. The Kier molecular flexibility index (Phi) is 28.1. The van der Waals surface area contributed by atoms with Gasteiger partial charge >= 0.3 is 17.9 Å². The van der Waals surface area contributed by atoms with Gasteiger partial charge in [0.15, 0.2) is 80.5 Å². The second-order valence-corrected chi connectivity index (χ2v) is 25.1. The topological polar surface area (TPSA) is 525 Å². The number of aromatic nitrogens is 7. The van der Waals surface area contributed by atoms with Crippen LogP contribution in [0.25, 0.3) is 87.2 Å². The number of methoxy groups -OCH3 is 8. The predicted octanol–water partition coefficient (Wildman–Crippen LogP) is 12.2. The monoisotopic (exact) mass is 1580 g/mol. The van der Waals surface area contributed by atoms with E-state index >= 15 is 0 Å². The minimum Gasteiger partial charge on any atom is -0.506 e. The molecule has 1 amide bonds. The summed E-state index contributed by atoms with van der Waals surface area (Å²) in [7, 11) is 12.1. The van der Waals surface area contributed by atoms with Crippen LogP contribution >= 0.6 is 0 Å². The summed E-state index contributed by atoms with van der Waals surface area (Å²) in [5, 5.41) is 94.3. The first-order valence-corrected chi connectivity index (χ1v) is 35.1. The van der Waals surface area contributed by atoms with Gasteiger partial charge in [0.25, 0.3) is 0 Å². The van der Waals surface area contributed by atoms with Crippen molar-refractivity contribution in [2.45, 2.75) is 33.1 Å². The highest BCUT2D eigenvalue weighted by atomic mass is 16.5. The van der Waals surface area contributed by atoms with Gasteiger partial charge < -0.3 is 140 Å². The van der Waals surface area contributed by atoms with Crippen LogP contribution in [-0.4, -0.2) is 194 Å². The van der Waals surface area contributed by atoms with Crippen molar-refractivity contribution < 1.29 is 113 Å². The first-order chi connectivity index (χ1) is 55.2. The number of aromatic hydroxyl groups is 8. The average molecular weight is 1580 g/mol. The number of nitrogens with two attached hydrogens (primary N) is 2. The van der Waals surface area contributed by atoms with Crippen molar-refractivity contribution >= 4 is 117 Å². The number of carbonyl (C=O) groups is 5. The molecule has 0 aliphatic heterocycles. The highest BCUT2D eigenvalue weighted by molar-refractivity contribution is 6.11. The second-order valence-electron chi connectivity index (χ2n) is 25.1. The summed E-state index contributed by atoms with van der Waals surface area (Å²) in [5.74, 6) is 1.34. The number of ether oxygens (including phenoxy) is 9. The van der Waals surface area contributed by atoms with E-state index in [2.05, 4.69) is 44.9 Å². The van der Waals surface area contributed by atoms with Crippen LogP contribution in [0.2, 0.25) is 0 Å². The number of aromatic carboxylic acids is 1. The maximum Gasteiger partial charge on any atom is 0.354 e. The number of hydrogen-bond acceptors (Lipinski definition) is 24. The smallest absolute Gasteiger partial charge is 0.354 e. The molecule has 21 N–H and O–H groups in total. The lowest BCUT2D eigenvalue weighted by Crippen LogP contribution is -2.22. The summed E-state index contributed by atoms with van der Waals surface area (Å²) in [6.45, 7) is 5.27. The number of benzene rings is 8. The molecule has 0 aliphatic carbocycles. The zero-order valence-electron chi connectivity index (χ0n) is 64.1. The number of esters is 2. The van der Waals surface area contributed by atoms with Crippen molar-refractivity contribution in [3.8, 4) is 86.2 Å². The Bertz CT molecular complexity index is 5860. The van der Waals surface area contributed by atoms with Crippen molar-refractivity contribution in [2.24, 2.45) is 11.5 Å². The molecule has 0 saturated heterocycles. The molecule has 0 fully saturated rings. The quantitative estimate of drug-likeness (QED) is 0.0203. The fraction of sp³-hybridized carbons (Fsp3) is 0.207. The molecule has 0 spiro atoms. The van der Waals surface area contributed by atoms with E-state index < -0.39 is 17.9 Å². The van der Waals surface area contributed by atoms with Gasteiger partial charge in [-0.15, -0.1) is 0 Å². The van der Waals surface area contributed by atoms with Gasteiger partial charge in [0.05, 0.1) is 91.1 Å². The third-order valence-corrected chi connectivity index (χ3v) is 17.8. The number of carboxylic acids is 1. The highest BCUT2D eigenvalue weighted by Crippen LogP contribution is 2.41.